The van der Waals surface area contributed by atoms with Crippen LogP contribution >= 0.6 is 0 Å². The van der Waals surface area contributed by atoms with Gasteiger partial charge in [-0.15, -0.1) is 0 Å². The highest BCUT2D eigenvalue weighted by molar-refractivity contribution is 6.28. The number of aromatic nitrogens is 1. The van der Waals surface area contributed by atoms with E-state index in [1.807, 2.05) is 0 Å². The summed E-state index contributed by atoms with van der Waals surface area (Å²) >= 11 is 0. The fourth-order valence-corrected chi connectivity index (χ4v) is 2.36. The lowest BCUT2D eigenvalue weighted by Gasteiger charge is -2.07. The van der Waals surface area contributed by atoms with Crippen molar-refractivity contribution in [1.82, 2.24) is 4.98 Å². The van der Waals surface area contributed by atoms with E-state index in [4.69, 9.17) is 4.74 Å². The van der Waals surface area contributed by atoms with Crippen LogP contribution < -0.4 is 4.74 Å². The van der Waals surface area contributed by atoms with Gasteiger partial charge >= 0.3 is 5.97 Å². The number of aromatic amines is 1. The number of nitrogens with one attached hydrogen (secondary N) is 1. The third kappa shape index (κ3) is 1.75. The number of fused-ring (bicyclic) bond motifs is 3. The molecule has 0 bridgehead atoms. The molecule has 20 heavy (non-hydrogen) atoms. The number of allylic oxidation sites excluding steroid dienone is 2. The molecule has 2 aromatic rings. The molecule has 0 atom stereocenters. The maximum atomic E-state index is 12.2. The topological polar surface area (TPSA) is 76.2 Å². The molecule has 0 fully saturated rings. The Kier molecular flexibility index (Phi) is 2.57. The van der Waals surface area contributed by atoms with Gasteiger partial charge in [-0.2, -0.15) is 0 Å². The first-order valence-electron chi connectivity index (χ1n) is 6.09. The zero-order valence-electron chi connectivity index (χ0n) is 10.9. The van der Waals surface area contributed by atoms with Crippen LogP contribution in [-0.4, -0.2) is 22.5 Å². The van der Waals surface area contributed by atoms with Crippen LogP contribution in [0.25, 0.3) is 10.9 Å². The fourth-order valence-electron chi connectivity index (χ4n) is 2.36. The zero-order valence-corrected chi connectivity index (χ0v) is 10.9. The van der Waals surface area contributed by atoms with E-state index in [1.165, 1.54) is 13.0 Å². The second-order valence-corrected chi connectivity index (χ2v) is 4.70. The van der Waals surface area contributed by atoms with E-state index in [-0.39, 0.29) is 17.3 Å². The first kappa shape index (κ1) is 12.3. The van der Waals surface area contributed by atoms with Crippen LogP contribution in [-0.2, 0) is 4.79 Å². The first-order valence-corrected chi connectivity index (χ1v) is 6.09. The number of H-pyrrole nitrogens is 1. The smallest absolute Gasteiger partial charge is 0.308 e. The lowest BCUT2D eigenvalue weighted by Crippen LogP contribution is -2.14. The molecule has 1 N–H and O–H groups in total. The molecule has 0 aliphatic heterocycles. The minimum absolute atomic E-state index is 0.161. The summed E-state index contributed by atoms with van der Waals surface area (Å²) in [5, 5.41) is 0.654. The van der Waals surface area contributed by atoms with Gasteiger partial charge in [0.05, 0.1) is 16.8 Å². The summed E-state index contributed by atoms with van der Waals surface area (Å²) in [6.07, 6.45) is 1.33. The van der Waals surface area contributed by atoms with E-state index in [0.29, 0.717) is 27.8 Å². The number of hydrogen-bond donors (Lipinski definition) is 1. The van der Waals surface area contributed by atoms with Crippen molar-refractivity contribution in [3.05, 3.63) is 41.1 Å². The van der Waals surface area contributed by atoms with E-state index in [9.17, 15) is 14.4 Å². The van der Waals surface area contributed by atoms with Crippen LogP contribution in [0.1, 0.15) is 34.7 Å². The zero-order chi connectivity index (χ0) is 14.4. The average molecular weight is 269 g/mol. The van der Waals surface area contributed by atoms with E-state index in [0.717, 1.165) is 0 Å². The number of Topliss-reactive ketones (excluding diaryl/α,β-unsaturated/α-hetero) is 1. The highest BCUT2D eigenvalue weighted by Crippen LogP contribution is 2.31. The fraction of sp³-hybridized carbons (Fsp3) is 0.133. The van der Waals surface area contributed by atoms with Crippen LogP contribution in [0, 0.1) is 0 Å². The number of benzene rings is 1. The monoisotopic (exact) mass is 269 g/mol. The van der Waals surface area contributed by atoms with Crippen molar-refractivity contribution < 1.29 is 19.1 Å². The Morgan fingerprint density at radius 1 is 1.25 bits per heavy atom. The van der Waals surface area contributed by atoms with Crippen LogP contribution in [0.3, 0.4) is 0 Å². The van der Waals surface area contributed by atoms with E-state index >= 15 is 0 Å². The first-order chi connectivity index (χ1) is 9.47. The summed E-state index contributed by atoms with van der Waals surface area (Å²) in [6, 6.07) is 4.88. The molecule has 1 aliphatic rings. The molecule has 0 radical (unpaired) electrons. The van der Waals surface area contributed by atoms with Crippen molar-refractivity contribution in [2.45, 2.75) is 13.8 Å². The van der Waals surface area contributed by atoms with E-state index < -0.39 is 5.97 Å². The Bertz CT molecular complexity index is 811. The van der Waals surface area contributed by atoms with Crippen molar-refractivity contribution >= 4 is 28.4 Å². The highest BCUT2D eigenvalue weighted by Gasteiger charge is 2.27. The largest absolute Gasteiger partial charge is 0.427 e. The molecule has 1 aromatic heterocycles. The van der Waals surface area contributed by atoms with Crippen molar-refractivity contribution in [3.8, 4) is 5.75 Å². The van der Waals surface area contributed by atoms with Gasteiger partial charge in [-0.25, -0.2) is 0 Å². The minimum Gasteiger partial charge on any atom is -0.427 e. The Morgan fingerprint density at radius 2 is 2.00 bits per heavy atom. The van der Waals surface area contributed by atoms with E-state index in [1.54, 1.807) is 25.1 Å². The molecule has 3 rings (SSSR count). The Labute approximate surface area is 114 Å². The Hall–Kier alpha value is -2.69. The molecule has 5 nitrogen and oxygen atoms in total. The molecule has 1 aliphatic carbocycles. The number of carbonyl (C=O) groups is 3. The normalized spacial score (nSPS) is 14.2. The van der Waals surface area contributed by atoms with Gasteiger partial charge in [0.2, 0.25) is 5.78 Å². The molecule has 0 saturated heterocycles. The molecular weight excluding hydrogens is 258 g/mol. The lowest BCUT2D eigenvalue weighted by molar-refractivity contribution is -0.131. The van der Waals surface area contributed by atoms with Crippen LogP contribution in [0.2, 0.25) is 0 Å². The number of ether oxygens (including phenoxy) is 1. The number of carbonyl (C=O) groups excluding carboxylic acids is 3. The minimum atomic E-state index is -0.426. The maximum absolute atomic E-state index is 12.2. The second-order valence-electron chi connectivity index (χ2n) is 4.70. The van der Waals surface area contributed by atoms with Gasteiger partial charge in [-0.3, -0.25) is 14.4 Å². The Balaban J connectivity index is 2.21. The molecule has 100 valence electrons. The molecular formula is C15H11NO4. The van der Waals surface area contributed by atoms with Crippen LogP contribution in [0.5, 0.6) is 5.75 Å². The lowest BCUT2D eigenvalue weighted by atomic mass is 9.94. The molecule has 0 spiro atoms. The number of esters is 1. The van der Waals surface area contributed by atoms with Crippen molar-refractivity contribution in [1.29, 1.82) is 0 Å². The van der Waals surface area contributed by atoms with Crippen molar-refractivity contribution in [3.63, 3.8) is 0 Å². The summed E-state index contributed by atoms with van der Waals surface area (Å²) in [7, 11) is 0. The van der Waals surface area contributed by atoms with Gasteiger partial charge in [-0.05, 0) is 25.1 Å². The third-order valence-electron chi connectivity index (χ3n) is 3.21. The van der Waals surface area contributed by atoms with Crippen molar-refractivity contribution in [2.75, 3.05) is 0 Å². The van der Waals surface area contributed by atoms with Gasteiger partial charge < -0.3 is 9.72 Å². The molecule has 0 unspecified atom stereocenters. The molecule has 1 heterocycles. The number of hydrogen-bond acceptors (Lipinski definition) is 4. The Morgan fingerprint density at radius 3 is 2.70 bits per heavy atom. The summed E-state index contributed by atoms with van der Waals surface area (Å²) in [5.74, 6) is -0.438. The predicted octanol–water partition coefficient (Wildman–Crippen LogP) is 2.42. The van der Waals surface area contributed by atoms with Gasteiger partial charge in [0.15, 0.2) is 5.78 Å². The van der Waals surface area contributed by atoms with Crippen LogP contribution in [0.15, 0.2) is 29.8 Å². The van der Waals surface area contributed by atoms with Gasteiger partial charge in [0.25, 0.3) is 0 Å². The highest BCUT2D eigenvalue weighted by atomic mass is 16.5. The second kappa shape index (κ2) is 4.16. The number of rotatable bonds is 1. The standard InChI is InChI=1S/C15H11NO4/c1-7-5-12(18)14-13(15(7)19)10-4-3-9(20-8(2)17)6-11(10)16-14/h3-6,16H,1-2H3. The summed E-state index contributed by atoms with van der Waals surface area (Å²) < 4.78 is 4.99. The quantitative estimate of drug-likeness (QED) is 0.637. The maximum Gasteiger partial charge on any atom is 0.308 e. The summed E-state index contributed by atoms with van der Waals surface area (Å²) in [4.78, 5) is 38.0. The summed E-state index contributed by atoms with van der Waals surface area (Å²) in [6.45, 7) is 2.93. The molecule has 5 heteroatoms. The van der Waals surface area contributed by atoms with Gasteiger partial charge in [0.1, 0.15) is 5.75 Å². The molecule has 0 saturated carbocycles. The van der Waals surface area contributed by atoms with E-state index in [2.05, 4.69) is 4.98 Å². The molecule has 0 amide bonds. The number of ketones is 2. The molecule has 1 aromatic carbocycles. The van der Waals surface area contributed by atoms with Crippen molar-refractivity contribution in [2.24, 2.45) is 0 Å². The average Bonchev–Trinajstić information content (AvgIpc) is 2.74. The summed E-state index contributed by atoms with van der Waals surface area (Å²) in [5.41, 5.74) is 1.70. The predicted molar refractivity (Wildman–Crippen MR) is 72.0 cm³/mol. The van der Waals surface area contributed by atoms with Gasteiger partial charge in [-0.1, -0.05) is 0 Å². The third-order valence-corrected chi connectivity index (χ3v) is 3.21. The SMILES string of the molecule is CC(=O)Oc1ccc2c3c([nH]c2c1)C(=O)C=C(C)C3=O. The van der Waals surface area contributed by atoms with Gasteiger partial charge in [0, 0.05) is 23.9 Å². The van der Waals surface area contributed by atoms with Crippen LogP contribution in [0.4, 0.5) is 0 Å².